The molecule has 0 fully saturated rings. The van der Waals surface area contributed by atoms with Gasteiger partial charge in [-0.1, -0.05) is 35.0 Å². The molecule has 1 unspecified atom stereocenters. The molecule has 1 atom stereocenters. The molecule has 0 aromatic heterocycles. The number of halogens is 1. The van der Waals surface area contributed by atoms with E-state index in [1.165, 1.54) is 0 Å². The van der Waals surface area contributed by atoms with Gasteiger partial charge in [-0.05, 0) is 37.6 Å². The number of amides is 1. The maximum Gasteiger partial charge on any atom is 0.237 e. The van der Waals surface area contributed by atoms with E-state index < -0.39 is 5.54 Å². The van der Waals surface area contributed by atoms with Gasteiger partial charge in [-0.25, -0.2) is 0 Å². The first-order chi connectivity index (χ1) is 7.48. The van der Waals surface area contributed by atoms with Crippen LogP contribution in [0, 0.1) is 0 Å². The Bertz CT molecular complexity index is 364. The van der Waals surface area contributed by atoms with Crippen LogP contribution >= 0.6 is 15.9 Å². The molecule has 0 aliphatic carbocycles. The molecule has 88 valence electrons. The first-order valence-electron chi connectivity index (χ1n) is 5.27. The van der Waals surface area contributed by atoms with E-state index in [9.17, 15) is 4.79 Å². The average Bonchev–Trinajstić information content (AvgIpc) is 2.22. The monoisotopic (exact) mass is 284 g/mol. The molecule has 0 saturated heterocycles. The van der Waals surface area contributed by atoms with Crippen LogP contribution in [0.1, 0.15) is 19.4 Å². The van der Waals surface area contributed by atoms with Crippen LogP contribution in [-0.2, 0) is 11.2 Å². The summed E-state index contributed by atoms with van der Waals surface area (Å²) in [4.78, 5) is 11.4. The van der Waals surface area contributed by atoms with Crippen LogP contribution in [0.5, 0.6) is 0 Å². The summed E-state index contributed by atoms with van der Waals surface area (Å²) in [6.45, 7) is 4.51. The van der Waals surface area contributed by atoms with E-state index in [-0.39, 0.29) is 5.91 Å². The Labute approximate surface area is 105 Å². The van der Waals surface area contributed by atoms with Crippen molar-refractivity contribution in [3.63, 3.8) is 0 Å². The maximum atomic E-state index is 11.4. The fourth-order valence-electron chi connectivity index (χ4n) is 1.64. The van der Waals surface area contributed by atoms with E-state index in [4.69, 9.17) is 5.73 Å². The Kier molecular flexibility index (Phi) is 4.50. The standard InChI is InChI=1S/C12H17BrN2O/c1-3-15-12(2,11(14)16)8-9-4-6-10(13)7-5-9/h4-7,15H,3,8H2,1-2H3,(H2,14,16). The zero-order valence-electron chi connectivity index (χ0n) is 9.59. The number of hydrogen-bond donors (Lipinski definition) is 2. The van der Waals surface area contributed by atoms with Crippen LogP contribution in [-0.4, -0.2) is 18.0 Å². The van der Waals surface area contributed by atoms with Gasteiger partial charge in [-0.2, -0.15) is 0 Å². The number of nitrogens with two attached hydrogens (primary N) is 1. The fraction of sp³-hybridized carbons (Fsp3) is 0.417. The third-order valence-corrected chi connectivity index (χ3v) is 3.11. The van der Waals surface area contributed by atoms with Gasteiger partial charge in [0.15, 0.2) is 0 Å². The van der Waals surface area contributed by atoms with Gasteiger partial charge in [0.1, 0.15) is 0 Å². The molecule has 1 amide bonds. The van der Waals surface area contributed by atoms with Gasteiger partial charge >= 0.3 is 0 Å². The van der Waals surface area contributed by atoms with Crippen molar-refractivity contribution in [1.82, 2.24) is 5.32 Å². The highest BCUT2D eigenvalue weighted by molar-refractivity contribution is 9.10. The summed E-state index contributed by atoms with van der Waals surface area (Å²) in [5, 5.41) is 3.14. The highest BCUT2D eigenvalue weighted by Gasteiger charge is 2.29. The molecular formula is C12H17BrN2O. The molecule has 0 saturated carbocycles. The average molecular weight is 285 g/mol. The minimum Gasteiger partial charge on any atom is -0.368 e. The van der Waals surface area contributed by atoms with E-state index in [0.717, 1.165) is 16.6 Å². The van der Waals surface area contributed by atoms with Crippen molar-refractivity contribution >= 4 is 21.8 Å². The summed E-state index contributed by atoms with van der Waals surface area (Å²) < 4.78 is 1.03. The second-order valence-corrected chi connectivity index (χ2v) is 4.95. The van der Waals surface area contributed by atoms with E-state index >= 15 is 0 Å². The molecule has 0 aliphatic heterocycles. The van der Waals surface area contributed by atoms with E-state index in [0.29, 0.717) is 6.42 Å². The smallest absolute Gasteiger partial charge is 0.237 e. The quantitative estimate of drug-likeness (QED) is 0.867. The van der Waals surface area contributed by atoms with Crippen LogP contribution in [0.4, 0.5) is 0 Å². The fourth-order valence-corrected chi connectivity index (χ4v) is 1.90. The van der Waals surface area contributed by atoms with Crippen molar-refractivity contribution in [3.8, 4) is 0 Å². The van der Waals surface area contributed by atoms with Crippen molar-refractivity contribution in [1.29, 1.82) is 0 Å². The Balaban J connectivity index is 2.83. The van der Waals surface area contributed by atoms with Crippen molar-refractivity contribution in [2.24, 2.45) is 5.73 Å². The predicted molar refractivity (Wildman–Crippen MR) is 69.1 cm³/mol. The largest absolute Gasteiger partial charge is 0.368 e. The third-order valence-electron chi connectivity index (χ3n) is 2.58. The third kappa shape index (κ3) is 3.32. The highest BCUT2D eigenvalue weighted by atomic mass is 79.9. The molecule has 0 heterocycles. The lowest BCUT2D eigenvalue weighted by Gasteiger charge is -2.27. The van der Waals surface area contributed by atoms with E-state index in [2.05, 4.69) is 21.2 Å². The van der Waals surface area contributed by atoms with Gasteiger partial charge in [0, 0.05) is 4.47 Å². The topological polar surface area (TPSA) is 55.1 Å². The molecule has 0 spiro atoms. The molecule has 1 aromatic carbocycles. The molecular weight excluding hydrogens is 268 g/mol. The number of carbonyl (C=O) groups is 1. The second kappa shape index (κ2) is 5.46. The Hall–Kier alpha value is -0.870. The van der Waals surface area contributed by atoms with Crippen molar-refractivity contribution in [3.05, 3.63) is 34.3 Å². The zero-order valence-corrected chi connectivity index (χ0v) is 11.2. The van der Waals surface area contributed by atoms with Crippen LogP contribution < -0.4 is 11.1 Å². The van der Waals surface area contributed by atoms with Crippen molar-refractivity contribution < 1.29 is 4.79 Å². The summed E-state index contributed by atoms with van der Waals surface area (Å²) in [5.41, 5.74) is 5.83. The lowest BCUT2D eigenvalue weighted by atomic mass is 9.92. The highest BCUT2D eigenvalue weighted by Crippen LogP contribution is 2.16. The number of rotatable bonds is 5. The second-order valence-electron chi connectivity index (χ2n) is 4.03. The number of carbonyl (C=O) groups excluding carboxylic acids is 1. The minimum atomic E-state index is -0.678. The number of likely N-dealkylation sites (N-methyl/N-ethyl adjacent to an activating group) is 1. The SMILES string of the molecule is CCNC(C)(Cc1ccc(Br)cc1)C(N)=O. The number of primary amides is 1. The van der Waals surface area contributed by atoms with Gasteiger partial charge < -0.3 is 11.1 Å². The Morgan fingerprint density at radius 3 is 2.44 bits per heavy atom. The lowest BCUT2D eigenvalue weighted by molar-refractivity contribution is -0.123. The van der Waals surface area contributed by atoms with Crippen LogP contribution in [0.25, 0.3) is 0 Å². The minimum absolute atomic E-state index is 0.322. The molecule has 16 heavy (non-hydrogen) atoms. The molecule has 1 aromatic rings. The number of hydrogen-bond acceptors (Lipinski definition) is 2. The van der Waals surface area contributed by atoms with Gasteiger partial charge in [-0.3, -0.25) is 4.79 Å². The van der Waals surface area contributed by atoms with Crippen LogP contribution in [0.2, 0.25) is 0 Å². The van der Waals surface area contributed by atoms with Gasteiger partial charge in [0.2, 0.25) is 5.91 Å². The van der Waals surface area contributed by atoms with Gasteiger partial charge in [-0.15, -0.1) is 0 Å². The summed E-state index contributed by atoms with van der Waals surface area (Å²) in [7, 11) is 0. The Morgan fingerprint density at radius 2 is 2.00 bits per heavy atom. The van der Waals surface area contributed by atoms with Crippen LogP contribution in [0.15, 0.2) is 28.7 Å². The summed E-state index contributed by atoms with van der Waals surface area (Å²) in [6.07, 6.45) is 0.601. The van der Waals surface area contributed by atoms with E-state index in [1.54, 1.807) is 0 Å². The number of benzene rings is 1. The predicted octanol–water partition coefficient (Wildman–Crippen LogP) is 1.85. The summed E-state index contributed by atoms with van der Waals surface area (Å²) in [5.74, 6) is -0.322. The molecule has 0 bridgehead atoms. The normalized spacial score (nSPS) is 14.4. The summed E-state index contributed by atoms with van der Waals surface area (Å²) in [6, 6.07) is 7.90. The lowest BCUT2D eigenvalue weighted by Crippen LogP contribution is -2.54. The number of nitrogens with one attached hydrogen (secondary N) is 1. The molecule has 1 rings (SSSR count). The summed E-state index contributed by atoms with van der Waals surface area (Å²) >= 11 is 3.38. The van der Waals surface area contributed by atoms with E-state index in [1.807, 2.05) is 38.1 Å². The zero-order chi connectivity index (χ0) is 12.2. The van der Waals surface area contributed by atoms with Gasteiger partial charge in [0.05, 0.1) is 5.54 Å². The van der Waals surface area contributed by atoms with Crippen molar-refractivity contribution in [2.45, 2.75) is 25.8 Å². The van der Waals surface area contributed by atoms with Gasteiger partial charge in [0.25, 0.3) is 0 Å². The molecule has 4 heteroatoms. The first kappa shape index (κ1) is 13.2. The molecule has 3 N–H and O–H groups in total. The maximum absolute atomic E-state index is 11.4. The first-order valence-corrected chi connectivity index (χ1v) is 6.06. The molecule has 0 aliphatic rings. The van der Waals surface area contributed by atoms with Crippen LogP contribution in [0.3, 0.4) is 0 Å². The molecule has 0 radical (unpaired) electrons. The molecule has 3 nitrogen and oxygen atoms in total. The van der Waals surface area contributed by atoms with Crippen molar-refractivity contribution in [2.75, 3.05) is 6.54 Å². The Morgan fingerprint density at radius 1 is 1.44 bits per heavy atom.